The summed E-state index contributed by atoms with van der Waals surface area (Å²) < 4.78 is 1.76. The number of aryl methyl sites for hydroxylation is 2. The summed E-state index contributed by atoms with van der Waals surface area (Å²) in [5.74, 6) is -0.193. The summed E-state index contributed by atoms with van der Waals surface area (Å²) in [6, 6.07) is 5.26. The quantitative estimate of drug-likeness (QED) is 0.517. The van der Waals surface area contributed by atoms with Crippen LogP contribution in [0.5, 0.6) is 0 Å². The Kier molecular flexibility index (Phi) is 4.36. The van der Waals surface area contributed by atoms with Gasteiger partial charge in [0.05, 0.1) is 33.5 Å². The van der Waals surface area contributed by atoms with Gasteiger partial charge in [0.25, 0.3) is 5.91 Å². The molecule has 9 heteroatoms. The van der Waals surface area contributed by atoms with Crippen molar-refractivity contribution in [3.8, 4) is 0 Å². The molecule has 0 spiro atoms. The van der Waals surface area contributed by atoms with E-state index in [2.05, 4.69) is 15.4 Å². The summed E-state index contributed by atoms with van der Waals surface area (Å²) in [5.41, 5.74) is 9.70. The molecule has 3 heterocycles. The summed E-state index contributed by atoms with van der Waals surface area (Å²) in [6.45, 7) is 3.21. The molecular formula is C18H18Cl2N6O. The Morgan fingerprint density at radius 3 is 2.81 bits per heavy atom. The molecule has 0 atom stereocenters. The van der Waals surface area contributed by atoms with Gasteiger partial charge in [-0.05, 0) is 19.1 Å². The van der Waals surface area contributed by atoms with E-state index >= 15 is 0 Å². The average molecular weight is 405 g/mol. The van der Waals surface area contributed by atoms with E-state index in [-0.39, 0.29) is 11.9 Å². The molecule has 2 aromatic heterocycles. The summed E-state index contributed by atoms with van der Waals surface area (Å²) in [4.78, 5) is 18.7. The van der Waals surface area contributed by atoms with Crippen molar-refractivity contribution in [1.29, 1.82) is 0 Å². The molecule has 0 bridgehead atoms. The highest BCUT2D eigenvalue weighted by atomic mass is 35.5. The van der Waals surface area contributed by atoms with Crippen molar-refractivity contribution >= 4 is 51.4 Å². The number of hydrogen-bond acceptors (Lipinski definition) is 5. The maximum absolute atomic E-state index is 12.7. The zero-order valence-electron chi connectivity index (χ0n) is 14.8. The molecule has 3 aromatic rings. The topological polar surface area (TPSA) is 89.1 Å². The van der Waals surface area contributed by atoms with Crippen molar-refractivity contribution in [2.45, 2.75) is 13.0 Å². The van der Waals surface area contributed by atoms with E-state index in [1.807, 2.05) is 24.9 Å². The molecule has 27 heavy (non-hydrogen) atoms. The highest BCUT2D eigenvalue weighted by Crippen LogP contribution is 2.31. The molecule has 140 valence electrons. The lowest BCUT2D eigenvalue weighted by molar-refractivity contribution is 0.0931. The zero-order chi connectivity index (χ0) is 19.3. The van der Waals surface area contributed by atoms with Gasteiger partial charge in [0.15, 0.2) is 0 Å². The first kappa shape index (κ1) is 17.9. The van der Waals surface area contributed by atoms with Gasteiger partial charge in [-0.25, -0.2) is 4.98 Å². The van der Waals surface area contributed by atoms with Crippen molar-refractivity contribution in [2.24, 2.45) is 7.05 Å². The molecular weight excluding hydrogens is 387 g/mol. The van der Waals surface area contributed by atoms with E-state index in [1.54, 1.807) is 16.8 Å². The number of nitrogen functional groups attached to an aromatic ring is 1. The molecule has 4 rings (SSSR count). The third-order valence-electron chi connectivity index (χ3n) is 4.93. The van der Waals surface area contributed by atoms with Gasteiger partial charge >= 0.3 is 0 Å². The Hall–Kier alpha value is -2.51. The van der Waals surface area contributed by atoms with Crippen LogP contribution >= 0.6 is 23.2 Å². The number of halogens is 2. The lowest BCUT2D eigenvalue weighted by Crippen LogP contribution is -2.59. The fourth-order valence-electron chi connectivity index (χ4n) is 3.34. The minimum Gasteiger partial charge on any atom is -0.397 e. The number of nitrogens with one attached hydrogen (secondary N) is 1. The number of carbonyl (C=O) groups is 1. The molecule has 3 N–H and O–H groups in total. The Bertz CT molecular complexity index is 1060. The standard InChI is InChI=1S/C18H18Cl2N6O/c1-9-16-13(24-25(9)2)4-3-11(17(16)21)18(27)23-10-7-26(8-10)14-5-15(20)22-6-12(14)19/h3-6,10H,7-8,21H2,1-2H3,(H,23,27). The molecule has 0 aliphatic carbocycles. The number of pyridine rings is 1. The van der Waals surface area contributed by atoms with Crippen molar-refractivity contribution in [3.63, 3.8) is 0 Å². The molecule has 1 fully saturated rings. The maximum atomic E-state index is 12.7. The molecule has 0 saturated carbocycles. The number of nitrogens with two attached hydrogens (primary N) is 1. The molecule has 1 saturated heterocycles. The number of carbonyl (C=O) groups excluding carboxylic acids is 1. The van der Waals surface area contributed by atoms with Crippen molar-refractivity contribution < 1.29 is 4.79 Å². The molecule has 1 aromatic carbocycles. The van der Waals surface area contributed by atoms with Crippen LogP contribution in [0.4, 0.5) is 11.4 Å². The lowest BCUT2D eigenvalue weighted by atomic mass is 10.0. The third-order valence-corrected chi connectivity index (χ3v) is 5.43. The number of benzene rings is 1. The third kappa shape index (κ3) is 3.07. The molecule has 1 aliphatic rings. The van der Waals surface area contributed by atoms with Gasteiger partial charge in [0.2, 0.25) is 0 Å². The van der Waals surface area contributed by atoms with Crippen LogP contribution in [0, 0.1) is 6.92 Å². The van der Waals surface area contributed by atoms with Crippen LogP contribution in [-0.2, 0) is 7.05 Å². The van der Waals surface area contributed by atoms with Crippen molar-refractivity contribution in [3.05, 3.63) is 45.8 Å². The number of anilines is 2. The number of rotatable bonds is 3. The fourth-order valence-corrected chi connectivity index (χ4v) is 3.72. The Morgan fingerprint density at radius 1 is 1.33 bits per heavy atom. The summed E-state index contributed by atoms with van der Waals surface area (Å²) in [5, 5.41) is 9.15. The smallest absolute Gasteiger partial charge is 0.253 e. The number of aromatic nitrogens is 3. The van der Waals surface area contributed by atoms with Crippen LogP contribution in [0.3, 0.4) is 0 Å². The Labute approximate surface area is 166 Å². The molecule has 0 radical (unpaired) electrons. The monoisotopic (exact) mass is 404 g/mol. The van der Waals surface area contributed by atoms with E-state index in [0.29, 0.717) is 34.5 Å². The molecule has 0 unspecified atom stereocenters. The van der Waals surface area contributed by atoms with Gasteiger partial charge in [0.1, 0.15) is 5.15 Å². The van der Waals surface area contributed by atoms with Gasteiger partial charge in [-0.3, -0.25) is 9.48 Å². The van der Waals surface area contributed by atoms with Crippen molar-refractivity contribution in [2.75, 3.05) is 23.7 Å². The first-order chi connectivity index (χ1) is 12.8. The molecule has 1 amide bonds. The van der Waals surface area contributed by atoms with Gasteiger partial charge in [-0.1, -0.05) is 23.2 Å². The minimum atomic E-state index is -0.193. The molecule has 7 nitrogen and oxygen atoms in total. The predicted molar refractivity (Wildman–Crippen MR) is 108 cm³/mol. The lowest BCUT2D eigenvalue weighted by Gasteiger charge is -2.41. The van der Waals surface area contributed by atoms with Crippen LogP contribution in [0.1, 0.15) is 16.1 Å². The van der Waals surface area contributed by atoms with Crippen LogP contribution in [0.25, 0.3) is 10.9 Å². The Balaban J connectivity index is 1.48. The van der Waals surface area contributed by atoms with Gasteiger partial charge in [-0.15, -0.1) is 0 Å². The molecule has 1 aliphatic heterocycles. The second-order valence-corrected chi connectivity index (χ2v) is 7.46. The second kappa shape index (κ2) is 6.58. The van der Waals surface area contributed by atoms with E-state index in [1.165, 1.54) is 6.20 Å². The van der Waals surface area contributed by atoms with E-state index in [0.717, 1.165) is 22.3 Å². The highest BCUT2D eigenvalue weighted by Gasteiger charge is 2.30. The van der Waals surface area contributed by atoms with E-state index in [9.17, 15) is 4.79 Å². The summed E-state index contributed by atoms with van der Waals surface area (Å²) in [7, 11) is 1.86. The number of hydrogen-bond donors (Lipinski definition) is 2. The number of fused-ring (bicyclic) bond motifs is 1. The van der Waals surface area contributed by atoms with Gasteiger partial charge in [-0.2, -0.15) is 5.10 Å². The zero-order valence-corrected chi connectivity index (χ0v) is 16.3. The van der Waals surface area contributed by atoms with Crippen LogP contribution < -0.4 is 16.0 Å². The maximum Gasteiger partial charge on any atom is 0.253 e. The second-order valence-electron chi connectivity index (χ2n) is 6.66. The SMILES string of the molecule is Cc1c2c(N)c(C(=O)NC3CN(c4cc(Cl)ncc4Cl)C3)ccc2nn1C. The first-order valence-electron chi connectivity index (χ1n) is 8.43. The van der Waals surface area contributed by atoms with E-state index in [4.69, 9.17) is 28.9 Å². The number of nitrogens with zero attached hydrogens (tertiary/aromatic N) is 4. The fraction of sp³-hybridized carbons (Fsp3) is 0.278. The number of amides is 1. The summed E-state index contributed by atoms with van der Waals surface area (Å²) in [6.07, 6.45) is 1.53. The normalized spacial score (nSPS) is 14.4. The summed E-state index contributed by atoms with van der Waals surface area (Å²) >= 11 is 12.1. The largest absolute Gasteiger partial charge is 0.397 e. The van der Waals surface area contributed by atoms with Crippen LogP contribution in [0.2, 0.25) is 10.2 Å². The average Bonchev–Trinajstić information content (AvgIpc) is 2.88. The highest BCUT2D eigenvalue weighted by molar-refractivity contribution is 6.34. The van der Waals surface area contributed by atoms with Gasteiger partial charge in [0, 0.05) is 43.5 Å². The predicted octanol–water partition coefficient (Wildman–Crippen LogP) is 2.78. The first-order valence-corrected chi connectivity index (χ1v) is 9.19. The van der Waals surface area contributed by atoms with Gasteiger partial charge < -0.3 is 16.0 Å². The van der Waals surface area contributed by atoms with E-state index < -0.39 is 0 Å². The van der Waals surface area contributed by atoms with Crippen LogP contribution in [0.15, 0.2) is 24.4 Å². The van der Waals surface area contributed by atoms with Crippen molar-refractivity contribution in [1.82, 2.24) is 20.1 Å². The Morgan fingerprint density at radius 2 is 2.07 bits per heavy atom. The minimum absolute atomic E-state index is 0.00518. The van der Waals surface area contributed by atoms with Crippen LogP contribution in [-0.4, -0.2) is 39.8 Å².